The van der Waals surface area contributed by atoms with E-state index in [-0.39, 0.29) is 12.1 Å². The summed E-state index contributed by atoms with van der Waals surface area (Å²) in [6.07, 6.45) is 2.85. The Morgan fingerprint density at radius 1 is 1.45 bits per heavy atom. The summed E-state index contributed by atoms with van der Waals surface area (Å²) in [6, 6.07) is 4.13. The lowest BCUT2D eigenvalue weighted by molar-refractivity contribution is -0.0521. The molecule has 1 aliphatic rings. The van der Waals surface area contributed by atoms with E-state index in [1.165, 1.54) is 18.2 Å². The molecule has 2 atom stereocenters. The topological polar surface area (TPSA) is 30.5 Å². The Bertz CT molecular complexity index is 442. The average molecular weight is 289 g/mol. The van der Waals surface area contributed by atoms with Crippen LogP contribution in [0.2, 0.25) is 0 Å². The third-order valence-corrected chi connectivity index (χ3v) is 3.34. The monoisotopic (exact) mass is 289 g/mol. The van der Waals surface area contributed by atoms with Crippen molar-refractivity contribution in [2.45, 2.75) is 44.9 Å². The van der Waals surface area contributed by atoms with Crippen LogP contribution in [0.15, 0.2) is 18.2 Å². The van der Waals surface area contributed by atoms with E-state index in [1.54, 1.807) is 0 Å². The number of anilines is 1. The van der Waals surface area contributed by atoms with Gasteiger partial charge in [-0.3, -0.25) is 0 Å². The molecule has 0 aliphatic carbocycles. The maximum Gasteiger partial charge on any atom is 0.387 e. The summed E-state index contributed by atoms with van der Waals surface area (Å²) in [5, 5.41) is 3.20. The van der Waals surface area contributed by atoms with Crippen molar-refractivity contribution in [2.24, 2.45) is 0 Å². The number of rotatable bonds is 5. The molecule has 1 N–H and O–H groups in total. The van der Waals surface area contributed by atoms with E-state index < -0.39 is 18.2 Å². The van der Waals surface area contributed by atoms with Crippen LogP contribution in [-0.4, -0.2) is 25.4 Å². The Balaban J connectivity index is 1.97. The third kappa shape index (κ3) is 4.03. The lowest BCUT2D eigenvalue weighted by atomic mass is 10.0. The van der Waals surface area contributed by atoms with Gasteiger partial charge in [0.25, 0.3) is 0 Å². The zero-order chi connectivity index (χ0) is 14.5. The SMILES string of the molecule is CCC1CC(Nc2ccc(OC(F)F)c(F)c2)CCO1. The molecule has 0 amide bonds. The minimum atomic E-state index is -3.02. The third-order valence-electron chi connectivity index (χ3n) is 3.34. The Kier molecular flexibility index (Phi) is 5.11. The Hall–Kier alpha value is -1.43. The highest BCUT2D eigenvalue weighted by molar-refractivity contribution is 5.48. The highest BCUT2D eigenvalue weighted by Crippen LogP contribution is 2.25. The fourth-order valence-electron chi connectivity index (χ4n) is 2.31. The van der Waals surface area contributed by atoms with Gasteiger partial charge >= 0.3 is 6.61 Å². The van der Waals surface area contributed by atoms with Crippen molar-refractivity contribution in [1.29, 1.82) is 0 Å². The largest absolute Gasteiger partial charge is 0.432 e. The van der Waals surface area contributed by atoms with Gasteiger partial charge in [-0.05, 0) is 31.4 Å². The van der Waals surface area contributed by atoms with Crippen molar-refractivity contribution >= 4 is 5.69 Å². The standard InChI is InChI=1S/C14H18F3NO2/c1-2-11-7-10(5-6-19-11)18-9-3-4-13(12(15)8-9)20-14(16)17/h3-4,8,10-11,14,18H,2,5-7H2,1H3. The fourth-order valence-corrected chi connectivity index (χ4v) is 2.31. The second-order valence-electron chi connectivity index (χ2n) is 4.79. The lowest BCUT2D eigenvalue weighted by Gasteiger charge is -2.30. The van der Waals surface area contributed by atoms with Gasteiger partial charge < -0.3 is 14.8 Å². The molecule has 2 unspecified atom stereocenters. The van der Waals surface area contributed by atoms with Crippen LogP contribution < -0.4 is 10.1 Å². The normalized spacial score (nSPS) is 22.9. The first kappa shape index (κ1) is 15.0. The summed E-state index contributed by atoms with van der Waals surface area (Å²) in [5.41, 5.74) is 0.561. The molecule has 0 aromatic heterocycles. The molecule has 3 nitrogen and oxygen atoms in total. The predicted octanol–water partition coefficient (Wildman–Crippen LogP) is 3.80. The molecule has 112 valence electrons. The Morgan fingerprint density at radius 3 is 2.90 bits per heavy atom. The van der Waals surface area contributed by atoms with Crippen molar-refractivity contribution in [3.8, 4) is 5.75 Å². The van der Waals surface area contributed by atoms with Crippen molar-refractivity contribution in [3.63, 3.8) is 0 Å². The molecule has 2 rings (SSSR count). The lowest BCUT2D eigenvalue weighted by Crippen LogP contribution is -2.33. The molecular formula is C14H18F3NO2. The second-order valence-corrected chi connectivity index (χ2v) is 4.79. The van der Waals surface area contributed by atoms with Crippen LogP contribution in [0.4, 0.5) is 18.9 Å². The predicted molar refractivity (Wildman–Crippen MR) is 69.7 cm³/mol. The van der Waals surface area contributed by atoms with Crippen LogP contribution in [0, 0.1) is 5.82 Å². The van der Waals surface area contributed by atoms with Gasteiger partial charge in [-0.2, -0.15) is 8.78 Å². The highest BCUT2D eigenvalue weighted by atomic mass is 19.3. The van der Waals surface area contributed by atoms with Crippen molar-refractivity contribution in [1.82, 2.24) is 0 Å². The van der Waals surface area contributed by atoms with E-state index in [0.717, 1.165) is 19.3 Å². The summed E-state index contributed by atoms with van der Waals surface area (Å²) in [4.78, 5) is 0. The van der Waals surface area contributed by atoms with E-state index in [2.05, 4.69) is 17.0 Å². The zero-order valence-electron chi connectivity index (χ0n) is 11.2. The van der Waals surface area contributed by atoms with Gasteiger partial charge in [-0.25, -0.2) is 4.39 Å². The van der Waals surface area contributed by atoms with Gasteiger partial charge in [0.05, 0.1) is 6.10 Å². The number of alkyl halides is 2. The van der Waals surface area contributed by atoms with Crippen molar-refractivity contribution in [3.05, 3.63) is 24.0 Å². The van der Waals surface area contributed by atoms with Crippen LogP contribution in [0.1, 0.15) is 26.2 Å². The van der Waals surface area contributed by atoms with Crippen LogP contribution in [0.3, 0.4) is 0 Å². The first-order valence-electron chi connectivity index (χ1n) is 6.71. The molecular weight excluding hydrogens is 271 g/mol. The molecule has 0 radical (unpaired) electrons. The minimum Gasteiger partial charge on any atom is -0.432 e. The van der Waals surface area contributed by atoms with E-state index in [0.29, 0.717) is 12.3 Å². The number of nitrogens with one attached hydrogen (secondary N) is 1. The summed E-state index contributed by atoms with van der Waals surface area (Å²) in [5.74, 6) is -1.24. The molecule has 1 saturated heterocycles. The minimum absolute atomic E-state index is 0.204. The number of benzene rings is 1. The number of hydrogen-bond acceptors (Lipinski definition) is 3. The number of halogens is 3. The summed E-state index contributed by atoms with van der Waals surface area (Å²) >= 11 is 0. The fraction of sp³-hybridized carbons (Fsp3) is 0.571. The van der Waals surface area contributed by atoms with Gasteiger partial charge in [0, 0.05) is 24.4 Å². The number of ether oxygens (including phenoxy) is 2. The Labute approximate surface area is 116 Å². The smallest absolute Gasteiger partial charge is 0.387 e. The van der Waals surface area contributed by atoms with E-state index in [9.17, 15) is 13.2 Å². The second kappa shape index (κ2) is 6.83. The molecule has 1 fully saturated rings. The molecule has 0 bridgehead atoms. The maximum absolute atomic E-state index is 13.6. The maximum atomic E-state index is 13.6. The van der Waals surface area contributed by atoms with E-state index in [4.69, 9.17) is 4.74 Å². The highest BCUT2D eigenvalue weighted by Gasteiger charge is 2.21. The number of hydrogen-bond donors (Lipinski definition) is 1. The van der Waals surface area contributed by atoms with E-state index >= 15 is 0 Å². The quantitative estimate of drug-likeness (QED) is 0.894. The van der Waals surface area contributed by atoms with Crippen LogP contribution in [0.5, 0.6) is 5.75 Å². The van der Waals surface area contributed by atoms with Gasteiger partial charge in [0.1, 0.15) is 0 Å². The zero-order valence-corrected chi connectivity index (χ0v) is 11.2. The molecule has 0 spiro atoms. The van der Waals surface area contributed by atoms with E-state index in [1.807, 2.05) is 0 Å². The molecule has 1 aliphatic heterocycles. The molecule has 1 heterocycles. The van der Waals surface area contributed by atoms with Gasteiger partial charge in [-0.15, -0.1) is 0 Å². The van der Waals surface area contributed by atoms with Crippen molar-refractivity contribution in [2.75, 3.05) is 11.9 Å². The average Bonchev–Trinajstić information content (AvgIpc) is 2.42. The molecule has 6 heteroatoms. The van der Waals surface area contributed by atoms with Gasteiger partial charge in [-0.1, -0.05) is 6.92 Å². The van der Waals surface area contributed by atoms with Crippen LogP contribution in [-0.2, 0) is 4.74 Å². The molecule has 0 saturated carbocycles. The van der Waals surface area contributed by atoms with Gasteiger partial charge in [0.2, 0.25) is 0 Å². The first-order valence-corrected chi connectivity index (χ1v) is 6.71. The van der Waals surface area contributed by atoms with Crippen LogP contribution >= 0.6 is 0 Å². The van der Waals surface area contributed by atoms with Crippen LogP contribution in [0.25, 0.3) is 0 Å². The molecule has 20 heavy (non-hydrogen) atoms. The van der Waals surface area contributed by atoms with Crippen molar-refractivity contribution < 1.29 is 22.6 Å². The summed E-state index contributed by atoms with van der Waals surface area (Å²) < 4.78 is 47.3. The summed E-state index contributed by atoms with van der Waals surface area (Å²) in [6.45, 7) is -0.293. The summed E-state index contributed by atoms with van der Waals surface area (Å²) in [7, 11) is 0. The molecule has 1 aromatic carbocycles. The Morgan fingerprint density at radius 2 is 2.25 bits per heavy atom. The molecule has 1 aromatic rings. The van der Waals surface area contributed by atoms with Gasteiger partial charge in [0.15, 0.2) is 11.6 Å². The first-order chi connectivity index (χ1) is 9.58.